The van der Waals surface area contributed by atoms with Crippen LogP contribution in [0.5, 0.6) is 0 Å². The third-order valence-corrected chi connectivity index (χ3v) is 6.04. The lowest BCUT2D eigenvalue weighted by Gasteiger charge is -2.32. The fourth-order valence-electron chi connectivity index (χ4n) is 3.43. The molecule has 2 aromatic heterocycles. The lowest BCUT2D eigenvalue weighted by molar-refractivity contribution is 0.00520. The van der Waals surface area contributed by atoms with Gasteiger partial charge in [-0.3, -0.25) is 9.20 Å². The number of carbonyl (C=O) groups is 1. The summed E-state index contributed by atoms with van der Waals surface area (Å²) in [6.07, 6.45) is 6.54. The van der Waals surface area contributed by atoms with Gasteiger partial charge in [0, 0.05) is 28.7 Å². The van der Waals surface area contributed by atoms with Crippen LogP contribution in [0.15, 0.2) is 35.8 Å². The number of nitrogens with one attached hydrogen (secondary N) is 1. The Balaban J connectivity index is 1.53. The number of rotatable bonds is 4. The number of aromatic nitrogens is 2. The molecular weight excluding hydrogens is 370 g/mol. The summed E-state index contributed by atoms with van der Waals surface area (Å²) in [4.78, 5) is 18.0. The number of benzene rings is 1. The molecule has 0 aliphatic heterocycles. The second-order valence-corrected chi connectivity index (χ2v) is 8.15. The Bertz CT molecular complexity index is 926. The smallest absolute Gasteiger partial charge is 0.269 e. The van der Waals surface area contributed by atoms with Crippen molar-refractivity contribution in [1.82, 2.24) is 14.7 Å². The number of carbonyl (C=O) groups excluding carboxylic acids is 1. The third kappa shape index (κ3) is 3.49. The van der Waals surface area contributed by atoms with E-state index in [0.29, 0.717) is 17.3 Å². The van der Waals surface area contributed by atoms with Crippen LogP contribution in [-0.2, 0) is 0 Å². The van der Waals surface area contributed by atoms with Crippen molar-refractivity contribution < 1.29 is 9.90 Å². The SMILES string of the molecule is O=C(NCC1(O)CCCCC1)c1csc2nc(-c3ccc(Cl)cc3)cn12. The largest absolute Gasteiger partial charge is 0.388 e. The molecule has 1 aliphatic carbocycles. The van der Waals surface area contributed by atoms with E-state index < -0.39 is 5.60 Å². The predicted octanol–water partition coefficient (Wildman–Crippen LogP) is 4.14. The zero-order chi connectivity index (χ0) is 18.1. The zero-order valence-corrected chi connectivity index (χ0v) is 15.8. The molecule has 0 radical (unpaired) electrons. The molecule has 1 aliphatic rings. The van der Waals surface area contributed by atoms with Gasteiger partial charge in [0.25, 0.3) is 5.91 Å². The van der Waals surface area contributed by atoms with Crippen molar-refractivity contribution >= 4 is 33.8 Å². The Kier molecular flexibility index (Phi) is 4.73. The Morgan fingerprint density at radius 2 is 2.00 bits per heavy atom. The Hall–Kier alpha value is -1.89. The van der Waals surface area contributed by atoms with Crippen molar-refractivity contribution in [2.24, 2.45) is 0 Å². The van der Waals surface area contributed by atoms with Crippen LogP contribution < -0.4 is 5.32 Å². The van der Waals surface area contributed by atoms with Gasteiger partial charge in [0.05, 0.1) is 11.3 Å². The van der Waals surface area contributed by atoms with E-state index in [1.54, 1.807) is 9.78 Å². The molecule has 4 rings (SSSR count). The Labute approximate surface area is 160 Å². The molecule has 2 N–H and O–H groups in total. The number of fused-ring (bicyclic) bond motifs is 1. The minimum atomic E-state index is -0.771. The topological polar surface area (TPSA) is 66.6 Å². The molecule has 26 heavy (non-hydrogen) atoms. The molecule has 5 nitrogen and oxygen atoms in total. The molecular formula is C19H20ClN3O2S. The average Bonchev–Trinajstić information content (AvgIpc) is 3.22. The van der Waals surface area contributed by atoms with E-state index in [-0.39, 0.29) is 5.91 Å². The first-order valence-electron chi connectivity index (χ1n) is 8.77. The van der Waals surface area contributed by atoms with Crippen molar-refractivity contribution in [3.8, 4) is 11.3 Å². The van der Waals surface area contributed by atoms with Gasteiger partial charge >= 0.3 is 0 Å². The van der Waals surface area contributed by atoms with Crippen LogP contribution in [0.4, 0.5) is 0 Å². The Morgan fingerprint density at radius 1 is 1.27 bits per heavy atom. The van der Waals surface area contributed by atoms with Gasteiger partial charge in [-0.2, -0.15) is 0 Å². The summed E-state index contributed by atoms with van der Waals surface area (Å²) in [5, 5.41) is 15.9. The van der Waals surface area contributed by atoms with Crippen molar-refractivity contribution in [1.29, 1.82) is 0 Å². The predicted molar refractivity (Wildman–Crippen MR) is 104 cm³/mol. The highest BCUT2D eigenvalue weighted by molar-refractivity contribution is 7.15. The first-order chi connectivity index (χ1) is 12.5. The van der Waals surface area contributed by atoms with Gasteiger partial charge in [-0.15, -0.1) is 11.3 Å². The van der Waals surface area contributed by atoms with Crippen LogP contribution >= 0.6 is 22.9 Å². The number of nitrogens with zero attached hydrogens (tertiary/aromatic N) is 2. The summed E-state index contributed by atoms with van der Waals surface area (Å²) in [7, 11) is 0. The third-order valence-electron chi connectivity index (χ3n) is 4.94. The number of hydrogen-bond acceptors (Lipinski definition) is 4. The first kappa shape index (κ1) is 17.5. The Morgan fingerprint density at radius 3 is 2.73 bits per heavy atom. The summed E-state index contributed by atoms with van der Waals surface area (Å²) in [5.41, 5.74) is 1.52. The highest BCUT2D eigenvalue weighted by Crippen LogP contribution is 2.28. The van der Waals surface area contributed by atoms with Gasteiger partial charge in [0.15, 0.2) is 4.96 Å². The van der Waals surface area contributed by atoms with E-state index in [1.165, 1.54) is 11.3 Å². The average molecular weight is 390 g/mol. The molecule has 0 saturated heterocycles. The molecule has 0 atom stereocenters. The van der Waals surface area contributed by atoms with Crippen molar-refractivity contribution in [2.45, 2.75) is 37.7 Å². The quantitative estimate of drug-likeness (QED) is 0.704. The van der Waals surface area contributed by atoms with Crippen LogP contribution in [0, 0.1) is 0 Å². The van der Waals surface area contributed by atoms with E-state index >= 15 is 0 Å². The van der Waals surface area contributed by atoms with Crippen LogP contribution in [0.1, 0.15) is 42.6 Å². The van der Waals surface area contributed by atoms with Gasteiger partial charge in [0.1, 0.15) is 5.69 Å². The number of aliphatic hydroxyl groups is 1. The first-order valence-corrected chi connectivity index (χ1v) is 10.0. The summed E-state index contributed by atoms with van der Waals surface area (Å²) < 4.78 is 1.80. The molecule has 7 heteroatoms. The highest BCUT2D eigenvalue weighted by Gasteiger charge is 2.30. The molecule has 0 bridgehead atoms. The fourth-order valence-corrected chi connectivity index (χ4v) is 4.41. The number of amides is 1. The molecule has 136 valence electrons. The second kappa shape index (κ2) is 7.02. The molecule has 1 fully saturated rings. The number of imidazole rings is 1. The standard InChI is InChI=1S/C19H20ClN3O2S/c20-14-6-4-13(5-7-14)15-10-23-16(11-26-18(23)22-15)17(24)21-12-19(25)8-2-1-3-9-19/h4-7,10-11,25H,1-3,8-9,12H2,(H,21,24). The molecule has 2 heterocycles. The van der Waals surface area contributed by atoms with Crippen molar-refractivity contribution in [2.75, 3.05) is 6.54 Å². The van der Waals surface area contributed by atoms with Gasteiger partial charge in [0.2, 0.25) is 0 Å². The zero-order valence-electron chi connectivity index (χ0n) is 14.2. The maximum Gasteiger partial charge on any atom is 0.269 e. The van der Waals surface area contributed by atoms with Gasteiger partial charge < -0.3 is 10.4 Å². The van der Waals surface area contributed by atoms with Crippen LogP contribution in [0.3, 0.4) is 0 Å². The van der Waals surface area contributed by atoms with Gasteiger partial charge in [-0.05, 0) is 25.0 Å². The summed E-state index contributed by atoms with van der Waals surface area (Å²) in [6.45, 7) is 0.294. The second-order valence-electron chi connectivity index (χ2n) is 6.87. The van der Waals surface area contributed by atoms with Crippen molar-refractivity contribution in [3.05, 3.63) is 46.6 Å². The van der Waals surface area contributed by atoms with Gasteiger partial charge in [-0.1, -0.05) is 43.0 Å². The maximum absolute atomic E-state index is 12.6. The van der Waals surface area contributed by atoms with Gasteiger partial charge in [-0.25, -0.2) is 4.98 Å². The van der Waals surface area contributed by atoms with E-state index in [9.17, 15) is 9.90 Å². The van der Waals surface area contributed by atoms with Crippen LogP contribution in [0.25, 0.3) is 16.2 Å². The van der Waals surface area contributed by atoms with E-state index in [4.69, 9.17) is 11.6 Å². The van der Waals surface area contributed by atoms with Crippen LogP contribution in [-0.4, -0.2) is 32.5 Å². The summed E-state index contributed by atoms with van der Waals surface area (Å²) >= 11 is 7.36. The fraction of sp³-hybridized carbons (Fsp3) is 0.368. The molecule has 1 aromatic carbocycles. The normalized spacial score (nSPS) is 16.7. The number of halogens is 1. The van der Waals surface area contributed by atoms with E-state index in [2.05, 4.69) is 10.3 Å². The lowest BCUT2D eigenvalue weighted by atomic mass is 9.85. The number of thiazole rings is 1. The summed E-state index contributed by atoms with van der Waals surface area (Å²) in [6, 6.07) is 7.46. The molecule has 3 aromatic rings. The number of hydrogen-bond donors (Lipinski definition) is 2. The molecule has 1 amide bonds. The molecule has 0 spiro atoms. The molecule has 1 saturated carbocycles. The summed E-state index contributed by atoms with van der Waals surface area (Å²) in [5.74, 6) is -0.185. The maximum atomic E-state index is 12.6. The molecule has 0 unspecified atom stereocenters. The van der Waals surface area contributed by atoms with Crippen LogP contribution in [0.2, 0.25) is 5.02 Å². The highest BCUT2D eigenvalue weighted by atomic mass is 35.5. The monoisotopic (exact) mass is 389 g/mol. The van der Waals surface area contributed by atoms with E-state index in [0.717, 1.165) is 48.3 Å². The van der Waals surface area contributed by atoms with Crippen molar-refractivity contribution in [3.63, 3.8) is 0 Å². The minimum Gasteiger partial charge on any atom is -0.388 e. The minimum absolute atomic E-state index is 0.185. The lowest BCUT2D eigenvalue weighted by Crippen LogP contribution is -2.44. The van der Waals surface area contributed by atoms with E-state index in [1.807, 2.05) is 30.5 Å².